The van der Waals surface area contributed by atoms with E-state index in [0.29, 0.717) is 24.2 Å². The van der Waals surface area contributed by atoms with Crippen LogP contribution >= 0.6 is 0 Å². The number of methoxy groups -OCH3 is 1. The number of carbonyl (C=O) groups excluding carboxylic acids is 1. The van der Waals surface area contributed by atoms with Crippen LogP contribution in [0.4, 0.5) is 0 Å². The van der Waals surface area contributed by atoms with Crippen LogP contribution in [0.15, 0.2) is 12.2 Å². The molecule has 4 nitrogen and oxygen atoms in total. The summed E-state index contributed by atoms with van der Waals surface area (Å²) in [5.41, 5.74) is 0.0103. The minimum Gasteiger partial charge on any atom is -0.456 e. The molecule has 2 unspecified atom stereocenters. The maximum atomic E-state index is 12.0. The van der Waals surface area contributed by atoms with E-state index in [-0.39, 0.29) is 17.2 Å². The number of esters is 1. The maximum absolute atomic E-state index is 12.0. The van der Waals surface area contributed by atoms with Gasteiger partial charge in [0, 0.05) is 19.1 Å². The van der Waals surface area contributed by atoms with Gasteiger partial charge >= 0.3 is 5.97 Å². The molecular formula is C16H24O4. The second-order valence-corrected chi connectivity index (χ2v) is 7.05. The molecule has 20 heavy (non-hydrogen) atoms. The van der Waals surface area contributed by atoms with Crippen molar-refractivity contribution in [2.75, 3.05) is 13.9 Å². The molecule has 4 aliphatic rings. The SMILES string of the molecule is C=C(C)C(=O)OC12CC3CC(CC(OCOC)(C3)C1)C2. The molecule has 0 aromatic rings. The third kappa shape index (κ3) is 2.40. The molecule has 0 saturated heterocycles. The normalized spacial score (nSPS) is 41.7. The van der Waals surface area contributed by atoms with Gasteiger partial charge in [-0.1, -0.05) is 6.58 Å². The van der Waals surface area contributed by atoms with Crippen molar-refractivity contribution < 1.29 is 19.0 Å². The van der Waals surface area contributed by atoms with Crippen molar-refractivity contribution in [2.24, 2.45) is 11.8 Å². The lowest BCUT2D eigenvalue weighted by molar-refractivity contribution is -0.250. The number of ether oxygens (including phenoxy) is 3. The second-order valence-electron chi connectivity index (χ2n) is 7.05. The minimum absolute atomic E-state index is 0.143. The molecule has 0 aliphatic heterocycles. The van der Waals surface area contributed by atoms with Crippen LogP contribution in [0.3, 0.4) is 0 Å². The molecule has 0 N–H and O–H groups in total. The Morgan fingerprint density at radius 2 is 1.80 bits per heavy atom. The van der Waals surface area contributed by atoms with Crippen LogP contribution in [0, 0.1) is 11.8 Å². The molecule has 0 aromatic heterocycles. The van der Waals surface area contributed by atoms with Crippen LogP contribution in [0.25, 0.3) is 0 Å². The summed E-state index contributed by atoms with van der Waals surface area (Å²) in [6.07, 6.45) is 6.21. The average Bonchev–Trinajstić information content (AvgIpc) is 2.34. The zero-order valence-electron chi connectivity index (χ0n) is 12.4. The first-order valence-corrected chi connectivity index (χ1v) is 7.48. The van der Waals surface area contributed by atoms with E-state index in [9.17, 15) is 4.79 Å². The number of hydrogen-bond donors (Lipinski definition) is 0. The Labute approximate surface area is 120 Å². The topological polar surface area (TPSA) is 44.8 Å². The number of hydrogen-bond acceptors (Lipinski definition) is 4. The summed E-state index contributed by atoms with van der Waals surface area (Å²) in [6.45, 7) is 5.73. The standard InChI is InChI=1S/C16H24O4/c1-11(2)14(17)20-16-7-12-4-13(8-16)6-15(5-12,9-16)19-10-18-3/h12-13H,1,4-10H2,2-3H3. The molecule has 0 aromatic carbocycles. The van der Waals surface area contributed by atoms with Crippen molar-refractivity contribution >= 4 is 5.97 Å². The Bertz CT molecular complexity index is 414. The summed E-state index contributed by atoms with van der Waals surface area (Å²) in [4.78, 5) is 12.0. The van der Waals surface area contributed by atoms with E-state index in [1.165, 1.54) is 6.42 Å². The quantitative estimate of drug-likeness (QED) is 0.441. The van der Waals surface area contributed by atoms with E-state index in [0.717, 1.165) is 32.1 Å². The van der Waals surface area contributed by atoms with Gasteiger partial charge in [-0.05, 0) is 50.9 Å². The first-order chi connectivity index (χ1) is 9.46. The largest absolute Gasteiger partial charge is 0.456 e. The van der Waals surface area contributed by atoms with Crippen LogP contribution in [-0.4, -0.2) is 31.1 Å². The van der Waals surface area contributed by atoms with E-state index in [1.54, 1.807) is 14.0 Å². The van der Waals surface area contributed by atoms with E-state index in [4.69, 9.17) is 14.2 Å². The fourth-order valence-electron chi connectivity index (χ4n) is 4.85. The minimum atomic E-state index is -0.326. The van der Waals surface area contributed by atoms with Gasteiger partial charge in [0.25, 0.3) is 0 Å². The lowest BCUT2D eigenvalue weighted by atomic mass is 9.52. The van der Waals surface area contributed by atoms with E-state index >= 15 is 0 Å². The van der Waals surface area contributed by atoms with Crippen LogP contribution < -0.4 is 0 Å². The smallest absolute Gasteiger partial charge is 0.333 e. The van der Waals surface area contributed by atoms with Gasteiger partial charge in [0.15, 0.2) is 0 Å². The molecule has 4 bridgehead atoms. The Hall–Kier alpha value is -0.870. The summed E-state index contributed by atoms with van der Waals surface area (Å²) < 4.78 is 17.0. The predicted octanol–water partition coefficient (Wildman–Crippen LogP) is 2.82. The molecule has 4 aliphatic carbocycles. The van der Waals surface area contributed by atoms with Crippen molar-refractivity contribution in [1.82, 2.24) is 0 Å². The number of carbonyl (C=O) groups is 1. The summed E-state index contributed by atoms with van der Waals surface area (Å²) in [5, 5.41) is 0. The Morgan fingerprint density at radius 1 is 1.20 bits per heavy atom. The maximum Gasteiger partial charge on any atom is 0.333 e. The molecular weight excluding hydrogens is 256 g/mol. The van der Waals surface area contributed by atoms with Gasteiger partial charge in [-0.25, -0.2) is 4.79 Å². The predicted molar refractivity (Wildman–Crippen MR) is 74.0 cm³/mol. The summed E-state index contributed by atoms with van der Waals surface area (Å²) >= 11 is 0. The molecule has 0 radical (unpaired) electrons. The van der Waals surface area contributed by atoms with Gasteiger partial charge < -0.3 is 14.2 Å². The zero-order chi connectivity index (χ0) is 14.4. The van der Waals surface area contributed by atoms with Crippen molar-refractivity contribution in [1.29, 1.82) is 0 Å². The highest BCUT2D eigenvalue weighted by molar-refractivity contribution is 5.87. The van der Waals surface area contributed by atoms with Crippen molar-refractivity contribution in [3.05, 3.63) is 12.2 Å². The molecule has 4 fully saturated rings. The Morgan fingerprint density at radius 3 is 2.35 bits per heavy atom. The first kappa shape index (κ1) is 14.1. The Balaban J connectivity index is 1.79. The summed E-state index contributed by atoms with van der Waals surface area (Å²) in [5.74, 6) is 0.978. The van der Waals surface area contributed by atoms with Crippen molar-refractivity contribution in [2.45, 2.75) is 56.7 Å². The molecule has 4 heteroatoms. The average molecular weight is 280 g/mol. The van der Waals surface area contributed by atoms with Gasteiger partial charge in [0.1, 0.15) is 12.4 Å². The molecule has 2 atom stereocenters. The fourth-order valence-corrected chi connectivity index (χ4v) is 4.85. The highest BCUT2D eigenvalue weighted by atomic mass is 16.7. The van der Waals surface area contributed by atoms with Crippen molar-refractivity contribution in [3.63, 3.8) is 0 Å². The summed E-state index contributed by atoms with van der Waals surface area (Å²) in [7, 11) is 1.65. The van der Waals surface area contributed by atoms with Gasteiger partial charge in [0.2, 0.25) is 0 Å². The van der Waals surface area contributed by atoms with E-state index < -0.39 is 0 Å². The van der Waals surface area contributed by atoms with Crippen LogP contribution in [-0.2, 0) is 19.0 Å². The second kappa shape index (κ2) is 4.85. The van der Waals surface area contributed by atoms with Crippen molar-refractivity contribution in [3.8, 4) is 0 Å². The van der Waals surface area contributed by atoms with Crippen LogP contribution in [0.2, 0.25) is 0 Å². The fraction of sp³-hybridized carbons (Fsp3) is 0.812. The third-order valence-corrected chi connectivity index (χ3v) is 5.09. The molecule has 112 valence electrons. The number of rotatable bonds is 5. The highest BCUT2D eigenvalue weighted by Gasteiger charge is 2.60. The molecule has 0 spiro atoms. The van der Waals surface area contributed by atoms with Gasteiger partial charge in [-0.3, -0.25) is 0 Å². The monoisotopic (exact) mass is 280 g/mol. The lowest BCUT2D eigenvalue weighted by Gasteiger charge is -2.60. The van der Waals surface area contributed by atoms with Gasteiger partial charge in [-0.15, -0.1) is 0 Å². The first-order valence-electron chi connectivity index (χ1n) is 7.48. The van der Waals surface area contributed by atoms with Crippen LogP contribution in [0.5, 0.6) is 0 Å². The lowest BCUT2D eigenvalue weighted by Crippen LogP contribution is -2.61. The molecule has 0 heterocycles. The van der Waals surface area contributed by atoms with Gasteiger partial charge in [-0.2, -0.15) is 0 Å². The van der Waals surface area contributed by atoms with E-state index in [2.05, 4.69) is 6.58 Å². The Kier molecular flexibility index (Phi) is 3.41. The molecule has 4 rings (SSSR count). The zero-order valence-corrected chi connectivity index (χ0v) is 12.4. The van der Waals surface area contributed by atoms with Crippen LogP contribution in [0.1, 0.15) is 45.4 Å². The summed E-state index contributed by atoms with van der Waals surface area (Å²) in [6, 6.07) is 0. The van der Waals surface area contributed by atoms with Gasteiger partial charge in [0.05, 0.1) is 5.60 Å². The highest BCUT2D eigenvalue weighted by Crippen LogP contribution is 2.60. The van der Waals surface area contributed by atoms with E-state index in [1.807, 2.05) is 0 Å². The third-order valence-electron chi connectivity index (χ3n) is 5.09. The molecule has 4 saturated carbocycles. The molecule has 0 amide bonds.